The molecule has 0 saturated carbocycles. The first-order valence-corrected chi connectivity index (χ1v) is 11.4. The van der Waals surface area contributed by atoms with Gasteiger partial charge in [-0.3, -0.25) is 4.79 Å². The number of imidazole rings is 1. The molecular formula is C28H24N4O4. The number of fused-ring (bicyclic) bond motifs is 1. The number of aromatic nitrogens is 2. The number of carboxylic acids is 1. The van der Waals surface area contributed by atoms with Gasteiger partial charge in [0.1, 0.15) is 17.6 Å². The van der Waals surface area contributed by atoms with Gasteiger partial charge in [-0.25, -0.2) is 9.78 Å². The van der Waals surface area contributed by atoms with Gasteiger partial charge in [0.2, 0.25) is 0 Å². The maximum Gasteiger partial charge on any atom is 0.337 e. The van der Waals surface area contributed by atoms with E-state index in [4.69, 9.17) is 10.2 Å². The Balaban J connectivity index is 1.58. The number of carboxylic acid groups (broad SMARTS) is 1. The van der Waals surface area contributed by atoms with Crippen LogP contribution < -0.4 is 16.5 Å². The van der Waals surface area contributed by atoms with E-state index in [0.29, 0.717) is 33.8 Å². The van der Waals surface area contributed by atoms with Crippen LogP contribution in [0.5, 0.6) is 0 Å². The third-order valence-electron chi connectivity index (χ3n) is 6.02. The molecule has 0 radical (unpaired) electrons. The number of benzene rings is 3. The molecule has 3 aromatic carbocycles. The predicted octanol–water partition coefficient (Wildman–Crippen LogP) is 5.41. The van der Waals surface area contributed by atoms with Crippen molar-refractivity contribution in [1.29, 1.82) is 0 Å². The molecule has 0 aliphatic carbocycles. The number of nitrogens with zero attached hydrogens (tertiary/aromatic N) is 2. The number of aryl methyl sites for hydroxylation is 1. The van der Waals surface area contributed by atoms with Gasteiger partial charge in [-0.15, -0.1) is 0 Å². The highest BCUT2D eigenvalue weighted by Crippen LogP contribution is 2.31. The molecule has 0 amide bonds. The summed E-state index contributed by atoms with van der Waals surface area (Å²) in [5.41, 5.74) is 10.3. The number of nitrogens with two attached hydrogens (primary N) is 1. The summed E-state index contributed by atoms with van der Waals surface area (Å²) < 4.78 is 8.09. The highest BCUT2D eigenvalue weighted by molar-refractivity contribution is 5.94. The number of nitrogen functional groups attached to an aromatic ring is 1. The van der Waals surface area contributed by atoms with Gasteiger partial charge in [0.25, 0.3) is 0 Å². The van der Waals surface area contributed by atoms with Gasteiger partial charge >= 0.3 is 5.97 Å². The van der Waals surface area contributed by atoms with Crippen LogP contribution in [0, 0.1) is 6.92 Å². The lowest BCUT2D eigenvalue weighted by Gasteiger charge is -2.19. The van der Waals surface area contributed by atoms with E-state index in [2.05, 4.69) is 10.3 Å². The summed E-state index contributed by atoms with van der Waals surface area (Å²) in [7, 11) is 0. The number of hydrogen-bond donors (Lipinski definition) is 3. The van der Waals surface area contributed by atoms with Crippen molar-refractivity contribution in [3.05, 3.63) is 106 Å². The van der Waals surface area contributed by atoms with Crippen molar-refractivity contribution >= 4 is 28.3 Å². The molecule has 5 rings (SSSR count). The average Bonchev–Trinajstić information content (AvgIpc) is 3.35. The summed E-state index contributed by atoms with van der Waals surface area (Å²) >= 11 is 0. The molecule has 180 valence electrons. The Morgan fingerprint density at radius 1 is 1.11 bits per heavy atom. The number of para-hydroxylation sites is 1. The molecule has 0 aliphatic rings. The van der Waals surface area contributed by atoms with Crippen LogP contribution in [0.1, 0.15) is 34.5 Å². The van der Waals surface area contributed by atoms with Crippen LogP contribution >= 0.6 is 0 Å². The highest BCUT2D eigenvalue weighted by Gasteiger charge is 2.19. The second-order valence-corrected chi connectivity index (χ2v) is 8.68. The summed E-state index contributed by atoms with van der Waals surface area (Å²) in [6.45, 7) is 3.80. The maximum atomic E-state index is 13.1. The maximum absolute atomic E-state index is 13.1. The quantitative estimate of drug-likeness (QED) is 0.278. The topological polar surface area (TPSA) is 123 Å². The van der Waals surface area contributed by atoms with Gasteiger partial charge in [0.15, 0.2) is 11.2 Å². The lowest BCUT2D eigenvalue weighted by atomic mass is 10.0. The standard InChI is InChI=1S/C28H24N4O4/c1-16-11-21(17(2)31-23-6-4-3-5-20(23)28(34)35)27-22(12-16)25(33)13-26(36-27)24-14-32(15-30-24)19-9-7-18(29)8-10-19/h3-15,17,31H,29H2,1-2H3,(H,34,35). The number of anilines is 2. The first kappa shape index (κ1) is 22.9. The molecule has 5 aromatic rings. The minimum absolute atomic E-state index is 0.164. The van der Waals surface area contributed by atoms with Gasteiger partial charge in [-0.05, 0) is 61.9 Å². The SMILES string of the molecule is Cc1cc(C(C)Nc2ccccc2C(=O)O)c2oc(-c3cn(-c4ccc(N)cc4)cn3)cc(=O)c2c1. The summed E-state index contributed by atoms with van der Waals surface area (Å²) in [6, 6.07) is 18.9. The van der Waals surface area contributed by atoms with E-state index in [1.165, 1.54) is 6.07 Å². The second-order valence-electron chi connectivity index (χ2n) is 8.68. The molecule has 8 heteroatoms. The third-order valence-corrected chi connectivity index (χ3v) is 6.02. The fourth-order valence-corrected chi connectivity index (χ4v) is 4.23. The molecule has 0 aliphatic heterocycles. The van der Waals surface area contributed by atoms with Crippen LogP contribution in [0.4, 0.5) is 11.4 Å². The average molecular weight is 481 g/mol. The fourth-order valence-electron chi connectivity index (χ4n) is 4.23. The van der Waals surface area contributed by atoms with E-state index in [-0.39, 0.29) is 17.0 Å². The number of rotatable bonds is 6. The largest absolute Gasteiger partial charge is 0.478 e. The Hall–Kier alpha value is -4.85. The third kappa shape index (κ3) is 4.32. The van der Waals surface area contributed by atoms with Crippen LogP contribution in [0.2, 0.25) is 0 Å². The van der Waals surface area contributed by atoms with E-state index < -0.39 is 5.97 Å². The minimum Gasteiger partial charge on any atom is -0.478 e. The van der Waals surface area contributed by atoms with E-state index in [1.54, 1.807) is 55.0 Å². The minimum atomic E-state index is -1.02. The van der Waals surface area contributed by atoms with E-state index in [1.807, 2.05) is 36.6 Å². The smallest absolute Gasteiger partial charge is 0.337 e. The van der Waals surface area contributed by atoms with Gasteiger partial charge in [0, 0.05) is 34.9 Å². The molecule has 36 heavy (non-hydrogen) atoms. The monoisotopic (exact) mass is 480 g/mol. The van der Waals surface area contributed by atoms with Gasteiger partial charge < -0.3 is 25.1 Å². The van der Waals surface area contributed by atoms with Crippen molar-refractivity contribution in [3.63, 3.8) is 0 Å². The Bertz CT molecular complexity index is 1650. The first-order chi connectivity index (χ1) is 17.3. The number of aromatic carboxylic acids is 1. The zero-order valence-electron chi connectivity index (χ0n) is 19.7. The van der Waals surface area contributed by atoms with E-state index in [0.717, 1.165) is 16.8 Å². The Morgan fingerprint density at radius 2 is 1.86 bits per heavy atom. The van der Waals surface area contributed by atoms with Crippen molar-refractivity contribution in [2.75, 3.05) is 11.1 Å². The summed E-state index contributed by atoms with van der Waals surface area (Å²) in [5, 5.41) is 13.3. The molecule has 8 nitrogen and oxygen atoms in total. The lowest BCUT2D eigenvalue weighted by molar-refractivity contribution is 0.0698. The van der Waals surface area contributed by atoms with Crippen molar-refractivity contribution in [3.8, 4) is 17.1 Å². The molecule has 2 aromatic heterocycles. The predicted molar refractivity (Wildman–Crippen MR) is 140 cm³/mol. The zero-order valence-corrected chi connectivity index (χ0v) is 19.7. The van der Waals surface area contributed by atoms with Crippen LogP contribution in [0.25, 0.3) is 28.1 Å². The molecule has 1 unspecified atom stereocenters. The Labute approximate surface area is 206 Å². The number of nitrogens with one attached hydrogen (secondary N) is 1. The van der Waals surface area contributed by atoms with Crippen LogP contribution in [-0.2, 0) is 0 Å². The fraction of sp³-hybridized carbons (Fsp3) is 0.107. The van der Waals surface area contributed by atoms with Crippen LogP contribution in [0.3, 0.4) is 0 Å². The first-order valence-electron chi connectivity index (χ1n) is 11.4. The van der Waals surface area contributed by atoms with Gasteiger partial charge in [-0.2, -0.15) is 0 Å². The van der Waals surface area contributed by atoms with Crippen molar-refractivity contribution in [2.24, 2.45) is 0 Å². The summed E-state index contributed by atoms with van der Waals surface area (Å²) in [5.74, 6) is -0.685. The molecule has 0 bridgehead atoms. The van der Waals surface area contributed by atoms with E-state index in [9.17, 15) is 14.7 Å². The highest BCUT2D eigenvalue weighted by atomic mass is 16.4. The number of hydrogen-bond acceptors (Lipinski definition) is 6. The molecule has 0 fully saturated rings. The van der Waals surface area contributed by atoms with Crippen LogP contribution in [-0.4, -0.2) is 20.6 Å². The van der Waals surface area contributed by atoms with Crippen molar-refractivity contribution in [2.45, 2.75) is 19.9 Å². The molecule has 1 atom stereocenters. The van der Waals surface area contributed by atoms with Crippen molar-refractivity contribution < 1.29 is 14.3 Å². The normalized spacial score (nSPS) is 11.9. The molecule has 0 saturated heterocycles. The van der Waals surface area contributed by atoms with Gasteiger partial charge in [-0.1, -0.05) is 18.2 Å². The Kier molecular flexibility index (Phi) is 5.77. The zero-order chi connectivity index (χ0) is 25.4. The number of carbonyl (C=O) groups is 1. The molecular weight excluding hydrogens is 456 g/mol. The Morgan fingerprint density at radius 3 is 2.61 bits per heavy atom. The summed E-state index contributed by atoms with van der Waals surface area (Å²) in [6.07, 6.45) is 3.43. The molecule has 0 spiro atoms. The molecule has 4 N–H and O–H groups in total. The molecule has 2 heterocycles. The lowest BCUT2D eigenvalue weighted by Crippen LogP contribution is -2.12. The van der Waals surface area contributed by atoms with Crippen LogP contribution in [0.15, 0.2) is 88.5 Å². The van der Waals surface area contributed by atoms with Crippen molar-refractivity contribution in [1.82, 2.24) is 9.55 Å². The van der Waals surface area contributed by atoms with Gasteiger partial charge in [0.05, 0.1) is 17.0 Å². The van der Waals surface area contributed by atoms with E-state index >= 15 is 0 Å². The summed E-state index contributed by atoms with van der Waals surface area (Å²) in [4.78, 5) is 29.2. The second kappa shape index (κ2) is 9.07.